The summed E-state index contributed by atoms with van der Waals surface area (Å²) in [7, 11) is 1.99. The molecule has 3 rings (SSSR count). The number of halogens is 1. The van der Waals surface area contributed by atoms with Crippen LogP contribution < -0.4 is 4.74 Å². The third-order valence-corrected chi connectivity index (χ3v) is 4.44. The number of hydrogen-bond donors (Lipinski definition) is 0. The van der Waals surface area contributed by atoms with Gasteiger partial charge >= 0.3 is 0 Å². The molecule has 1 aromatic heterocycles. The lowest BCUT2D eigenvalue weighted by Crippen LogP contribution is -2.23. The number of aromatic nitrogens is 1. The van der Waals surface area contributed by atoms with Gasteiger partial charge in [0.25, 0.3) is 5.91 Å². The van der Waals surface area contributed by atoms with Gasteiger partial charge in [-0.25, -0.2) is 0 Å². The van der Waals surface area contributed by atoms with Crippen LogP contribution in [-0.4, -0.2) is 35.7 Å². The molecule has 0 aliphatic rings. The molecule has 24 heavy (non-hydrogen) atoms. The minimum absolute atomic E-state index is 0.0679. The number of nitrogens with zero attached hydrogens (tertiary/aromatic N) is 2. The summed E-state index contributed by atoms with van der Waals surface area (Å²) < 4.78 is 8.53. The van der Waals surface area contributed by atoms with Gasteiger partial charge in [-0.1, -0.05) is 41.1 Å². The van der Waals surface area contributed by atoms with E-state index >= 15 is 0 Å². The number of benzene rings is 2. The van der Waals surface area contributed by atoms with E-state index in [0.717, 1.165) is 21.9 Å². The molecule has 2 aromatic carbocycles. The molecular formula is C19H19BrN2O2. The second-order valence-electron chi connectivity index (χ2n) is 5.64. The third kappa shape index (κ3) is 3.37. The maximum absolute atomic E-state index is 12.8. The lowest BCUT2D eigenvalue weighted by Gasteiger charge is -2.14. The summed E-state index contributed by atoms with van der Waals surface area (Å²) in [5.74, 6) is 0.637. The van der Waals surface area contributed by atoms with E-state index in [4.69, 9.17) is 4.74 Å². The van der Waals surface area contributed by atoms with Crippen LogP contribution in [0.15, 0.2) is 59.2 Å². The molecule has 0 unspecified atom stereocenters. The zero-order chi connectivity index (χ0) is 17.1. The van der Waals surface area contributed by atoms with Crippen LogP contribution in [-0.2, 0) is 0 Å². The molecule has 0 fully saturated rings. The quantitative estimate of drug-likeness (QED) is 0.610. The molecule has 0 saturated heterocycles. The summed E-state index contributed by atoms with van der Waals surface area (Å²) in [6, 6.07) is 15.1. The summed E-state index contributed by atoms with van der Waals surface area (Å²) in [4.78, 5) is 14.9. The molecule has 0 spiro atoms. The molecule has 0 radical (unpaired) electrons. The number of hydrogen-bond acceptors (Lipinski definition) is 3. The lowest BCUT2D eigenvalue weighted by atomic mass is 10.2. The van der Waals surface area contributed by atoms with E-state index in [9.17, 15) is 4.79 Å². The number of ether oxygens (including phenoxy) is 1. The first-order valence-electron chi connectivity index (χ1n) is 7.82. The van der Waals surface area contributed by atoms with Crippen molar-refractivity contribution in [2.45, 2.75) is 6.92 Å². The highest BCUT2D eigenvalue weighted by molar-refractivity contribution is 9.10. The Hall–Kier alpha value is -2.11. The SMILES string of the molecule is CCN(C)COc1cn(C(=O)c2ccccc2)c2ccc(Br)cc12. The van der Waals surface area contributed by atoms with Crippen molar-refractivity contribution in [1.29, 1.82) is 0 Å². The minimum Gasteiger partial charge on any atom is -0.476 e. The first-order valence-corrected chi connectivity index (χ1v) is 8.61. The fourth-order valence-electron chi connectivity index (χ4n) is 2.45. The largest absolute Gasteiger partial charge is 0.476 e. The molecular weight excluding hydrogens is 368 g/mol. The summed E-state index contributed by atoms with van der Waals surface area (Å²) in [5, 5.41) is 0.915. The van der Waals surface area contributed by atoms with E-state index in [1.165, 1.54) is 0 Å². The van der Waals surface area contributed by atoms with Crippen LogP contribution in [0.1, 0.15) is 17.3 Å². The first-order chi connectivity index (χ1) is 11.6. The highest BCUT2D eigenvalue weighted by Crippen LogP contribution is 2.31. The predicted molar refractivity (Wildman–Crippen MR) is 99.6 cm³/mol. The Labute approximate surface area is 149 Å². The van der Waals surface area contributed by atoms with Gasteiger partial charge in [-0.3, -0.25) is 14.3 Å². The number of fused-ring (bicyclic) bond motifs is 1. The Morgan fingerprint density at radius 1 is 1.21 bits per heavy atom. The minimum atomic E-state index is -0.0679. The number of carbonyl (C=O) groups excluding carboxylic acids is 1. The van der Waals surface area contributed by atoms with Crippen molar-refractivity contribution < 1.29 is 9.53 Å². The summed E-state index contributed by atoms with van der Waals surface area (Å²) in [6.45, 7) is 3.44. The van der Waals surface area contributed by atoms with Gasteiger partial charge in [0.2, 0.25) is 0 Å². The van der Waals surface area contributed by atoms with Crippen molar-refractivity contribution in [3.63, 3.8) is 0 Å². The van der Waals surface area contributed by atoms with Crippen molar-refractivity contribution in [2.24, 2.45) is 0 Å². The van der Waals surface area contributed by atoms with Crippen LogP contribution in [0, 0.1) is 0 Å². The van der Waals surface area contributed by atoms with E-state index in [0.29, 0.717) is 18.0 Å². The van der Waals surface area contributed by atoms with Crippen molar-refractivity contribution in [1.82, 2.24) is 9.47 Å². The van der Waals surface area contributed by atoms with E-state index in [1.807, 2.05) is 55.6 Å². The van der Waals surface area contributed by atoms with E-state index in [2.05, 4.69) is 27.8 Å². The van der Waals surface area contributed by atoms with Gasteiger partial charge in [0, 0.05) is 15.4 Å². The average molecular weight is 387 g/mol. The highest BCUT2D eigenvalue weighted by Gasteiger charge is 2.16. The van der Waals surface area contributed by atoms with Crippen molar-refractivity contribution >= 4 is 32.7 Å². The van der Waals surface area contributed by atoms with Crippen molar-refractivity contribution in [3.05, 3.63) is 64.8 Å². The maximum atomic E-state index is 12.8. The zero-order valence-corrected chi connectivity index (χ0v) is 15.3. The second-order valence-corrected chi connectivity index (χ2v) is 6.56. The van der Waals surface area contributed by atoms with Crippen LogP contribution in [0.3, 0.4) is 0 Å². The molecule has 124 valence electrons. The molecule has 1 heterocycles. The van der Waals surface area contributed by atoms with E-state index in [1.54, 1.807) is 10.8 Å². The van der Waals surface area contributed by atoms with E-state index in [-0.39, 0.29) is 5.91 Å². The van der Waals surface area contributed by atoms with Crippen molar-refractivity contribution in [3.8, 4) is 5.75 Å². The smallest absolute Gasteiger partial charge is 0.262 e. The Bertz CT molecular complexity index is 858. The molecule has 5 heteroatoms. The topological polar surface area (TPSA) is 34.5 Å². The average Bonchev–Trinajstić information content (AvgIpc) is 2.97. The van der Waals surface area contributed by atoms with Gasteiger partial charge in [-0.05, 0) is 43.9 Å². The number of carbonyl (C=O) groups is 1. The highest BCUT2D eigenvalue weighted by atomic mass is 79.9. The molecule has 0 amide bonds. The fraction of sp³-hybridized carbons (Fsp3) is 0.211. The van der Waals surface area contributed by atoms with Crippen LogP contribution in [0.25, 0.3) is 10.9 Å². The maximum Gasteiger partial charge on any atom is 0.262 e. The monoisotopic (exact) mass is 386 g/mol. The van der Waals surface area contributed by atoms with Crippen LogP contribution in [0.2, 0.25) is 0 Å². The molecule has 3 aromatic rings. The molecule has 0 atom stereocenters. The standard InChI is InChI=1S/C19H19BrN2O2/c1-3-21(2)13-24-18-12-22(17-10-9-15(20)11-16(17)18)19(23)14-7-5-4-6-8-14/h4-12H,3,13H2,1-2H3. The van der Waals surface area contributed by atoms with Gasteiger partial charge in [-0.15, -0.1) is 0 Å². The lowest BCUT2D eigenvalue weighted by molar-refractivity contribution is 0.0963. The van der Waals surface area contributed by atoms with Crippen molar-refractivity contribution in [2.75, 3.05) is 20.3 Å². The summed E-state index contributed by atoms with van der Waals surface area (Å²) in [6.07, 6.45) is 1.77. The Kier molecular flexibility index (Phi) is 5.02. The van der Waals surface area contributed by atoms with Gasteiger partial charge in [0.1, 0.15) is 12.5 Å². The second kappa shape index (κ2) is 7.20. The molecule has 4 nitrogen and oxygen atoms in total. The number of rotatable bonds is 5. The molecule has 0 N–H and O–H groups in total. The van der Waals surface area contributed by atoms with Crippen LogP contribution in [0.4, 0.5) is 0 Å². The summed E-state index contributed by atoms with van der Waals surface area (Å²) in [5.41, 5.74) is 1.48. The van der Waals surface area contributed by atoms with E-state index < -0.39 is 0 Å². The first kappa shape index (κ1) is 16.7. The Morgan fingerprint density at radius 2 is 1.96 bits per heavy atom. The molecule has 0 aliphatic heterocycles. The van der Waals surface area contributed by atoms with Crippen LogP contribution >= 0.6 is 15.9 Å². The normalized spacial score (nSPS) is 11.2. The molecule has 0 bridgehead atoms. The Balaban J connectivity index is 2.03. The predicted octanol–water partition coefficient (Wildman–Crippen LogP) is 4.38. The van der Waals surface area contributed by atoms with Gasteiger partial charge < -0.3 is 4.74 Å². The third-order valence-electron chi connectivity index (χ3n) is 3.95. The van der Waals surface area contributed by atoms with Gasteiger partial charge in [0.05, 0.1) is 11.7 Å². The molecule has 0 saturated carbocycles. The summed E-state index contributed by atoms with van der Waals surface area (Å²) >= 11 is 3.49. The van der Waals surface area contributed by atoms with Gasteiger partial charge in [-0.2, -0.15) is 0 Å². The Morgan fingerprint density at radius 3 is 2.67 bits per heavy atom. The zero-order valence-electron chi connectivity index (χ0n) is 13.7. The fourth-order valence-corrected chi connectivity index (χ4v) is 2.81. The van der Waals surface area contributed by atoms with Gasteiger partial charge in [0.15, 0.2) is 0 Å². The molecule has 0 aliphatic carbocycles. The van der Waals surface area contributed by atoms with Crippen LogP contribution in [0.5, 0.6) is 5.75 Å².